The molecule has 0 bridgehead atoms. The van der Waals surface area contributed by atoms with Crippen molar-refractivity contribution >= 4 is 27.3 Å². The van der Waals surface area contributed by atoms with Crippen LogP contribution in [0.3, 0.4) is 0 Å². The van der Waals surface area contributed by atoms with Gasteiger partial charge in [0.2, 0.25) is 0 Å². The van der Waals surface area contributed by atoms with Gasteiger partial charge >= 0.3 is 0 Å². The summed E-state index contributed by atoms with van der Waals surface area (Å²) in [7, 11) is -3.75. The molecule has 0 saturated heterocycles. The largest absolute Gasteiger partial charge is 0.480 e. The van der Waals surface area contributed by atoms with E-state index >= 15 is 0 Å². The summed E-state index contributed by atoms with van der Waals surface area (Å²) in [6, 6.07) is 19.1. The maximum Gasteiger partial charge on any atom is 0.265 e. The van der Waals surface area contributed by atoms with Gasteiger partial charge in [0.25, 0.3) is 15.9 Å². The first-order valence-corrected chi connectivity index (χ1v) is 11.9. The molecule has 1 unspecified atom stereocenters. The average molecular weight is 453 g/mol. The van der Waals surface area contributed by atoms with Crippen molar-refractivity contribution in [3.63, 3.8) is 0 Å². The Balaban J connectivity index is 1.69. The summed E-state index contributed by atoms with van der Waals surface area (Å²) in [5.41, 5.74) is 3.90. The third-order valence-corrected chi connectivity index (χ3v) is 6.33. The lowest BCUT2D eigenvalue weighted by Crippen LogP contribution is -2.32. The minimum absolute atomic E-state index is 0.109. The van der Waals surface area contributed by atoms with Crippen LogP contribution in [0.25, 0.3) is 0 Å². The van der Waals surface area contributed by atoms with Gasteiger partial charge in [-0.05, 0) is 86.3 Å². The smallest absolute Gasteiger partial charge is 0.265 e. The second kappa shape index (κ2) is 9.87. The maximum atomic E-state index is 12.7. The number of benzene rings is 3. The molecule has 0 aliphatic rings. The zero-order valence-electron chi connectivity index (χ0n) is 18.7. The standard InChI is InChI=1S/C25H28N2O4S/c1-5-23(31-24-9-7-6-8-19(24)4)25(28)26-20-10-12-22(13-11-20)32(29,30)27-21-15-17(2)14-18(3)16-21/h6-16,23,27H,5H2,1-4H3,(H,26,28). The third-order valence-electron chi connectivity index (χ3n) is 4.93. The van der Waals surface area contributed by atoms with Crippen LogP contribution in [0, 0.1) is 20.8 Å². The lowest BCUT2D eigenvalue weighted by Gasteiger charge is -2.18. The van der Waals surface area contributed by atoms with Gasteiger partial charge in [-0.25, -0.2) is 8.42 Å². The normalized spacial score (nSPS) is 12.1. The number of aryl methyl sites for hydroxylation is 3. The zero-order valence-corrected chi connectivity index (χ0v) is 19.5. The Morgan fingerprint density at radius 3 is 2.12 bits per heavy atom. The number of hydrogen-bond donors (Lipinski definition) is 2. The summed E-state index contributed by atoms with van der Waals surface area (Å²) in [6.45, 7) is 7.62. The van der Waals surface area contributed by atoms with Gasteiger partial charge in [0.05, 0.1) is 4.90 Å². The van der Waals surface area contributed by atoms with Gasteiger partial charge in [0, 0.05) is 11.4 Å². The summed E-state index contributed by atoms with van der Waals surface area (Å²) in [4.78, 5) is 12.8. The highest BCUT2D eigenvalue weighted by molar-refractivity contribution is 7.92. The fourth-order valence-electron chi connectivity index (χ4n) is 3.35. The van der Waals surface area contributed by atoms with Crippen LogP contribution in [0.1, 0.15) is 30.0 Å². The number of anilines is 2. The van der Waals surface area contributed by atoms with Gasteiger partial charge in [-0.3, -0.25) is 9.52 Å². The molecule has 1 atom stereocenters. The molecule has 168 valence electrons. The van der Waals surface area contributed by atoms with Gasteiger partial charge in [0.1, 0.15) is 5.75 Å². The van der Waals surface area contributed by atoms with Gasteiger partial charge < -0.3 is 10.1 Å². The molecule has 0 heterocycles. The molecule has 0 aliphatic heterocycles. The number of nitrogens with one attached hydrogen (secondary N) is 2. The topological polar surface area (TPSA) is 84.5 Å². The zero-order chi connectivity index (χ0) is 23.3. The number of hydrogen-bond acceptors (Lipinski definition) is 4. The van der Waals surface area contributed by atoms with Gasteiger partial charge in [0.15, 0.2) is 6.10 Å². The predicted octanol–water partition coefficient (Wildman–Crippen LogP) is 5.21. The molecular formula is C25H28N2O4S. The minimum atomic E-state index is -3.75. The SMILES string of the molecule is CCC(Oc1ccccc1C)C(=O)Nc1ccc(S(=O)(=O)Nc2cc(C)cc(C)c2)cc1. The Hall–Kier alpha value is -3.32. The first-order valence-electron chi connectivity index (χ1n) is 10.4. The number of ether oxygens (including phenoxy) is 1. The highest BCUT2D eigenvalue weighted by Gasteiger charge is 2.20. The van der Waals surface area contributed by atoms with Crippen molar-refractivity contribution < 1.29 is 17.9 Å². The molecule has 0 fully saturated rings. The summed E-state index contributed by atoms with van der Waals surface area (Å²) >= 11 is 0. The number of sulfonamides is 1. The van der Waals surface area contributed by atoms with Crippen molar-refractivity contribution in [1.29, 1.82) is 0 Å². The monoisotopic (exact) mass is 452 g/mol. The van der Waals surface area contributed by atoms with Crippen molar-refractivity contribution in [2.75, 3.05) is 10.0 Å². The van der Waals surface area contributed by atoms with Crippen molar-refractivity contribution in [3.05, 3.63) is 83.4 Å². The molecule has 0 spiro atoms. The van der Waals surface area contributed by atoms with E-state index in [1.54, 1.807) is 24.3 Å². The van der Waals surface area contributed by atoms with Crippen molar-refractivity contribution in [2.24, 2.45) is 0 Å². The van der Waals surface area contributed by atoms with Gasteiger partial charge in [-0.15, -0.1) is 0 Å². The number of carbonyl (C=O) groups is 1. The van der Waals surface area contributed by atoms with E-state index in [1.807, 2.05) is 58.0 Å². The number of amides is 1. The van der Waals surface area contributed by atoms with E-state index in [2.05, 4.69) is 10.0 Å². The first kappa shape index (κ1) is 23.3. The van der Waals surface area contributed by atoms with Crippen molar-refractivity contribution in [1.82, 2.24) is 0 Å². The van der Waals surface area contributed by atoms with Crippen LogP contribution in [0.5, 0.6) is 5.75 Å². The summed E-state index contributed by atoms with van der Waals surface area (Å²) in [5.74, 6) is 0.369. The van der Waals surface area contributed by atoms with Crippen molar-refractivity contribution in [2.45, 2.75) is 45.1 Å². The van der Waals surface area contributed by atoms with E-state index in [4.69, 9.17) is 4.74 Å². The summed E-state index contributed by atoms with van der Waals surface area (Å²) in [5, 5.41) is 2.80. The van der Waals surface area contributed by atoms with Crippen LogP contribution >= 0.6 is 0 Å². The molecule has 3 aromatic carbocycles. The molecule has 0 aromatic heterocycles. The van der Waals surface area contributed by atoms with Crippen LogP contribution in [0.15, 0.2) is 71.6 Å². The Morgan fingerprint density at radius 2 is 1.53 bits per heavy atom. The van der Waals surface area contributed by atoms with E-state index in [0.717, 1.165) is 16.7 Å². The van der Waals surface area contributed by atoms with Crippen LogP contribution in [-0.2, 0) is 14.8 Å². The summed E-state index contributed by atoms with van der Waals surface area (Å²) < 4.78 is 33.9. The molecule has 0 saturated carbocycles. The fourth-order valence-corrected chi connectivity index (χ4v) is 4.39. The summed E-state index contributed by atoms with van der Waals surface area (Å²) in [6.07, 6.45) is -0.169. The highest BCUT2D eigenvalue weighted by atomic mass is 32.2. The van der Waals surface area contributed by atoms with Crippen LogP contribution in [-0.4, -0.2) is 20.4 Å². The second-order valence-corrected chi connectivity index (χ2v) is 9.46. The predicted molar refractivity (Wildman–Crippen MR) is 128 cm³/mol. The molecule has 1 amide bonds. The highest BCUT2D eigenvalue weighted by Crippen LogP contribution is 2.22. The van der Waals surface area contributed by atoms with E-state index < -0.39 is 16.1 Å². The first-order chi connectivity index (χ1) is 15.2. The molecule has 3 aromatic rings. The number of para-hydroxylation sites is 1. The molecule has 3 rings (SSSR count). The Bertz CT molecular complexity index is 1180. The molecule has 32 heavy (non-hydrogen) atoms. The van der Waals surface area contributed by atoms with E-state index in [9.17, 15) is 13.2 Å². The van der Waals surface area contributed by atoms with Crippen LogP contribution < -0.4 is 14.8 Å². The molecular weight excluding hydrogens is 424 g/mol. The fraction of sp³-hybridized carbons (Fsp3) is 0.240. The van der Waals surface area contributed by atoms with E-state index in [1.165, 1.54) is 12.1 Å². The second-order valence-electron chi connectivity index (χ2n) is 7.78. The molecule has 7 heteroatoms. The quantitative estimate of drug-likeness (QED) is 0.491. The van der Waals surface area contributed by atoms with E-state index in [0.29, 0.717) is 23.5 Å². The molecule has 0 radical (unpaired) electrons. The number of carbonyl (C=O) groups excluding carboxylic acids is 1. The number of rotatable bonds is 8. The van der Waals surface area contributed by atoms with Gasteiger partial charge in [-0.1, -0.05) is 31.2 Å². The minimum Gasteiger partial charge on any atom is -0.480 e. The molecule has 0 aliphatic carbocycles. The van der Waals surface area contributed by atoms with Gasteiger partial charge in [-0.2, -0.15) is 0 Å². The lowest BCUT2D eigenvalue weighted by molar-refractivity contribution is -0.122. The van der Waals surface area contributed by atoms with Crippen LogP contribution in [0.4, 0.5) is 11.4 Å². The van der Waals surface area contributed by atoms with Crippen LogP contribution in [0.2, 0.25) is 0 Å². The Morgan fingerprint density at radius 1 is 0.906 bits per heavy atom. The molecule has 2 N–H and O–H groups in total. The Labute approximate surface area is 189 Å². The van der Waals surface area contributed by atoms with E-state index in [-0.39, 0.29) is 10.8 Å². The average Bonchev–Trinajstić information content (AvgIpc) is 2.72. The maximum absolute atomic E-state index is 12.7. The van der Waals surface area contributed by atoms with Crippen molar-refractivity contribution in [3.8, 4) is 5.75 Å². The lowest BCUT2D eigenvalue weighted by atomic mass is 10.1. The third kappa shape index (κ3) is 5.88. The molecule has 6 nitrogen and oxygen atoms in total. The Kier molecular flexibility index (Phi) is 7.20.